The summed E-state index contributed by atoms with van der Waals surface area (Å²) in [4.78, 5) is 48.7. The summed E-state index contributed by atoms with van der Waals surface area (Å²) in [6, 6.07) is 2.82. The fraction of sp³-hybridized carbons (Fsp3) is 0.700. The standard InChI is InChI=1S/C30H42F2N4O6/c1-3-21-16-25(31)24(26(32)17-21)19-33-10-8-30(9-11-33)20-35(29(39)42-30)18-22-4-6-23(7-5-22)27(37)36-13-12-34(14-15-41-36)28(38)40-2/h16-17,22-23H,3-15,18-20H2,1-2H3. The lowest BCUT2D eigenvalue weighted by atomic mass is 9.81. The van der Waals surface area contributed by atoms with E-state index < -0.39 is 23.3 Å². The van der Waals surface area contributed by atoms with Gasteiger partial charge >= 0.3 is 12.2 Å². The summed E-state index contributed by atoms with van der Waals surface area (Å²) < 4.78 is 39.7. The van der Waals surface area contributed by atoms with Gasteiger partial charge in [-0.05, 0) is 55.7 Å². The van der Waals surface area contributed by atoms with Crippen LogP contribution in [-0.4, -0.2) is 103 Å². The van der Waals surface area contributed by atoms with Gasteiger partial charge in [-0.1, -0.05) is 6.92 Å². The van der Waals surface area contributed by atoms with E-state index in [1.165, 1.54) is 29.2 Å². The van der Waals surface area contributed by atoms with Gasteiger partial charge in [-0.15, -0.1) is 0 Å². The number of likely N-dealkylation sites (tertiary alicyclic amines) is 1. The van der Waals surface area contributed by atoms with Crippen molar-refractivity contribution in [3.05, 3.63) is 34.9 Å². The number of halogens is 2. The number of carbonyl (C=O) groups is 3. The highest BCUT2D eigenvalue weighted by molar-refractivity contribution is 5.78. The molecule has 0 bridgehead atoms. The van der Waals surface area contributed by atoms with E-state index in [4.69, 9.17) is 14.3 Å². The topological polar surface area (TPSA) is 91.9 Å². The Morgan fingerprint density at radius 1 is 1.02 bits per heavy atom. The molecule has 1 aromatic carbocycles. The molecule has 3 saturated heterocycles. The van der Waals surface area contributed by atoms with Crippen LogP contribution >= 0.6 is 0 Å². The summed E-state index contributed by atoms with van der Waals surface area (Å²) in [5, 5.41) is 1.39. The molecule has 10 nitrogen and oxygen atoms in total. The summed E-state index contributed by atoms with van der Waals surface area (Å²) in [6.45, 7) is 5.66. The maximum atomic E-state index is 14.5. The average Bonchev–Trinajstić information content (AvgIpc) is 3.14. The molecule has 0 radical (unpaired) electrons. The van der Waals surface area contributed by atoms with Crippen molar-refractivity contribution >= 4 is 18.1 Å². The van der Waals surface area contributed by atoms with Gasteiger partial charge in [-0.25, -0.2) is 23.4 Å². The molecule has 3 amide bonds. The van der Waals surface area contributed by atoms with E-state index in [-0.39, 0.29) is 42.6 Å². The molecule has 1 spiro atoms. The van der Waals surface area contributed by atoms with Crippen molar-refractivity contribution in [3.63, 3.8) is 0 Å². The molecule has 42 heavy (non-hydrogen) atoms. The van der Waals surface area contributed by atoms with Crippen LogP contribution in [0.25, 0.3) is 0 Å². The van der Waals surface area contributed by atoms with Crippen molar-refractivity contribution in [2.45, 2.75) is 64.0 Å². The number of amides is 3. The van der Waals surface area contributed by atoms with Crippen LogP contribution < -0.4 is 0 Å². The first-order valence-electron chi connectivity index (χ1n) is 15.1. The zero-order valence-electron chi connectivity index (χ0n) is 24.6. The van der Waals surface area contributed by atoms with Crippen LogP contribution in [0.5, 0.6) is 0 Å². The molecule has 12 heteroatoms. The normalized spacial score (nSPS) is 25.0. The van der Waals surface area contributed by atoms with Crippen LogP contribution in [0.1, 0.15) is 56.6 Å². The maximum absolute atomic E-state index is 14.5. The zero-order chi connectivity index (χ0) is 29.9. The lowest BCUT2D eigenvalue weighted by Gasteiger charge is -2.37. The van der Waals surface area contributed by atoms with Crippen LogP contribution in [0.2, 0.25) is 0 Å². The Bertz CT molecular complexity index is 1130. The van der Waals surface area contributed by atoms with Gasteiger partial charge in [0.15, 0.2) is 0 Å². The number of piperidine rings is 1. The number of hydrogen-bond acceptors (Lipinski definition) is 7. The van der Waals surface area contributed by atoms with Gasteiger partial charge in [-0.2, -0.15) is 0 Å². The number of methoxy groups -OCH3 is 1. The van der Waals surface area contributed by atoms with Crippen molar-refractivity contribution < 1.29 is 37.5 Å². The number of benzene rings is 1. The fourth-order valence-corrected chi connectivity index (χ4v) is 6.69. The highest BCUT2D eigenvalue weighted by atomic mass is 19.1. The second kappa shape index (κ2) is 13.1. The van der Waals surface area contributed by atoms with Crippen molar-refractivity contribution in [1.82, 2.24) is 19.8 Å². The number of nitrogens with zero attached hydrogens (tertiary/aromatic N) is 4. The molecule has 1 saturated carbocycles. The molecule has 0 unspecified atom stereocenters. The van der Waals surface area contributed by atoms with Crippen LogP contribution in [-0.2, 0) is 32.1 Å². The Morgan fingerprint density at radius 3 is 2.36 bits per heavy atom. The average molecular weight is 593 g/mol. The summed E-state index contributed by atoms with van der Waals surface area (Å²) >= 11 is 0. The van der Waals surface area contributed by atoms with Gasteiger partial charge in [0.1, 0.15) is 17.2 Å². The maximum Gasteiger partial charge on any atom is 0.410 e. The van der Waals surface area contributed by atoms with Crippen LogP contribution in [0, 0.1) is 23.5 Å². The number of aryl methyl sites for hydroxylation is 1. The Kier molecular flexibility index (Phi) is 9.51. The van der Waals surface area contributed by atoms with E-state index in [0.717, 1.165) is 25.7 Å². The highest BCUT2D eigenvalue weighted by Crippen LogP contribution is 2.37. The predicted octanol–water partition coefficient (Wildman–Crippen LogP) is 3.96. The number of hydrogen-bond donors (Lipinski definition) is 0. The highest BCUT2D eigenvalue weighted by Gasteiger charge is 2.47. The first-order chi connectivity index (χ1) is 20.2. The third-order valence-corrected chi connectivity index (χ3v) is 9.33. The minimum absolute atomic E-state index is 0.0486. The Labute approximate surface area is 245 Å². The van der Waals surface area contributed by atoms with Crippen molar-refractivity contribution in [1.29, 1.82) is 0 Å². The molecule has 4 fully saturated rings. The first-order valence-corrected chi connectivity index (χ1v) is 15.1. The SMILES string of the molecule is CCc1cc(F)c(CN2CCC3(CC2)CN(CC2CCC(C(=O)N4CCN(C(=O)OC)CCO4)CC2)C(=O)O3)c(F)c1. The van der Waals surface area contributed by atoms with Crippen molar-refractivity contribution in [3.8, 4) is 0 Å². The number of rotatable bonds is 6. The summed E-state index contributed by atoms with van der Waals surface area (Å²) in [7, 11) is 1.33. The smallest absolute Gasteiger partial charge is 0.410 e. The second-order valence-corrected chi connectivity index (χ2v) is 12.0. The van der Waals surface area contributed by atoms with Crippen LogP contribution in [0.4, 0.5) is 18.4 Å². The molecule has 3 aliphatic heterocycles. The second-order valence-electron chi connectivity index (χ2n) is 12.0. The van der Waals surface area contributed by atoms with Gasteiger partial charge in [0.2, 0.25) is 5.91 Å². The monoisotopic (exact) mass is 592 g/mol. The summed E-state index contributed by atoms with van der Waals surface area (Å²) in [5.41, 5.74) is 0.170. The van der Waals surface area contributed by atoms with E-state index in [1.807, 2.05) is 11.8 Å². The van der Waals surface area contributed by atoms with E-state index >= 15 is 0 Å². The number of carbonyl (C=O) groups excluding carboxylic acids is 3. The van der Waals surface area contributed by atoms with Gasteiger partial charge in [0, 0.05) is 57.0 Å². The van der Waals surface area contributed by atoms with Gasteiger partial charge in [-0.3, -0.25) is 14.5 Å². The first kappa shape index (κ1) is 30.5. The molecule has 0 aromatic heterocycles. The minimum Gasteiger partial charge on any atom is -0.453 e. The number of ether oxygens (including phenoxy) is 2. The van der Waals surface area contributed by atoms with Crippen molar-refractivity contribution in [2.24, 2.45) is 11.8 Å². The molecule has 1 aromatic rings. The summed E-state index contributed by atoms with van der Waals surface area (Å²) in [6.07, 6.45) is 4.19. The third-order valence-electron chi connectivity index (χ3n) is 9.33. The van der Waals surface area contributed by atoms with Crippen LogP contribution in [0.15, 0.2) is 12.1 Å². The fourth-order valence-electron chi connectivity index (χ4n) is 6.69. The Balaban J connectivity index is 1.06. The number of hydroxylamine groups is 2. The van der Waals surface area contributed by atoms with E-state index in [0.29, 0.717) is 70.6 Å². The minimum atomic E-state index is -0.563. The molecule has 5 rings (SSSR count). The molecular formula is C30H42F2N4O6. The lowest BCUT2D eigenvalue weighted by Crippen LogP contribution is -2.47. The van der Waals surface area contributed by atoms with E-state index in [1.54, 1.807) is 4.90 Å². The van der Waals surface area contributed by atoms with Crippen molar-refractivity contribution in [2.75, 3.05) is 59.5 Å². The molecule has 0 N–H and O–H groups in total. The molecule has 4 aliphatic rings. The van der Waals surface area contributed by atoms with Crippen LogP contribution in [0.3, 0.4) is 0 Å². The molecule has 232 valence electrons. The Morgan fingerprint density at radius 2 is 1.71 bits per heavy atom. The zero-order valence-corrected chi connectivity index (χ0v) is 24.6. The van der Waals surface area contributed by atoms with E-state index in [2.05, 4.69) is 0 Å². The molecule has 3 heterocycles. The third kappa shape index (κ3) is 6.80. The molecule has 1 aliphatic carbocycles. The Hall–Kier alpha value is -2.99. The van der Waals surface area contributed by atoms with Gasteiger partial charge in [0.25, 0.3) is 0 Å². The molecule has 0 atom stereocenters. The van der Waals surface area contributed by atoms with Gasteiger partial charge < -0.3 is 19.3 Å². The largest absolute Gasteiger partial charge is 0.453 e. The summed E-state index contributed by atoms with van der Waals surface area (Å²) in [5.74, 6) is -0.918. The quantitative estimate of drug-likeness (QED) is 0.494. The lowest BCUT2D eigenvalue weighted by molar-refractivity contribution is -0.187. The van der Waals surface area contributed by atoms with E-state index in [9.17, 15) is 23.2 Å². The predicted molar refractivity (Wildman–Crippen MR) is 148 cm³/mol. The van der Waals surface area contributed by atoms with Gasteiger partial charge in [0.05, 0.1) is 33.4 Å². The molecular weight excluding hydrogens is 550 g/mol.